The van der Waals surface area contributed by atoms with Gasteiger partial charge in [0.15, 0.2) is 0 Å². The van der Waals surface area contributed by atoms with Crippen molar-refractivity contribution >= 4 is 23.2 Å². The molecule has 1 fully saturated rings. The van der Waals surface area contributed by atoms with Gasteiger partial charge in [-0.2, -0.15) is 0 Å². The summed E-state index contributed by atoms with van der Waals surface area (Å²) < 4.78 is 0. The summed E-state index contributed by atoms with van der Waals surface area (Å²) in [5.41, 5.74) is 6.01. The van der Waals surface area contributed by atoms with Gasteiger partial charge in [-0.15, -0.1) is 11.3 Å². The molecule has 1 aliphatic heterocycles. The van der Waals surface area contributed by atoms with Crippen LogP contribution in [0.4, 0.5) is 0 Å². The Morgan fingerprint density at radius 1 is 1.02 bits per heavy atom. The van der Waals surface area contributed by atoms with Crippen molar-refractivity contribution < 1.29 is 14.7 Å². The summed E-state index contributed by atoms with van der Waals surface area (Å²) in [6.45, 7) is 13.5. The molecule has 2 heterocycles. The molecule has 0 aliphatic carbocycles. The van der Waals surface area contributed by atoms with Crippen LogP contribution in [0.3, 0.4) is 0 Å². The van der Waals surface area contributed by atoms with E-state index in [0.717, 1.165) is 40.2 Å². The molecule has 4 atom stereocenters. The summed E-state index contributed by atoms with van der Waals surface area (Å²) >= 11 is 1.59. The molecule has 1 aromatic heterocycles. The number of aliphatic hydroxyl groups is 1. The van der Waals surface area contributed by atoms with E-state index < -0.39 is 18.2 Å². The minimum absolute atomic E-state index is 0.0318. The molecule has 7 nitrogen and oxygen atoms in total. The Morgan fingerprint density at radius 3 is 2.46 bits per heavy atom. The molecule has 1 saturated heterocycles. The molecule has 0 saturated carbocycles. The standard InChI is InChI=1S/C38H46N4O3S/c1-24-18-29(21-30(19-24)37(45)42-17-11-16-32(42)36-40-25(2)23-46-36)35(44)41-26(3)34(43)33(28-13-8-7-9-14-28)39-22-27-12-10-15-31(20-27)38(4,5)6/h7-10,12-15,18-21,23,26,32-34,39,43H,11,16-17,22H2,1-6H3,(H,41,44). The number of carbonyl (C=O) groups excluding carboxylic acids is 2. The van der Waals surface area contributed by atoms with E-state index in [1.807, 2.05) is 67.4 Å². The number of nitrogens with zero attached hydrogens (tertiary/aromatic N) is 2. The molecule has 2 amide bonds. The molecule has 0 bridgehead atoms. The largest absolute Gasteiger partial charge is 0.389 e. The number of aliphatic hydroxyl groups excluding tert-OH is 1. The predicted molar refractivity (Wildman–Crippen MR) is 185 cm³/mol. The van der Waals surface area contributed by atoms with E-state index in [1.54, 1.807) is 23.5 Å². The van der Waals surface area contributed by atoms with Gasteiger partial charge in [0, 0.05) is 35.3 Å². The van der Waals surface area contributed by atoms with Gasteiger partial charge < -0.3 is 20.6 Å². The van der Waals surface area contributed by atoms with Crippen molar-refractivity contribution in [3.63, 3.8) is 0 Å². The molecule has 46 heavy (non-hydrogen) atoms. The second kappa shape index (κ2) is 14.3. The number of likely N-dealkylation sites (tertiary alicyclic amines) is 1. The van der Waals surface area contributed by atoms with Crippen LogP contribution in [-0.2, 0) is 12.0 Å². The summed E-state index contributed by atoms with van der Waals surface area (Å²) in [4.78, 5) is 33.8. The zero-order valence-corrected chi connectivity index (χ0v) is 28.5. The molecule has 1 aliphatic rings. The predicted octanol–water partition coefficient (Wildman–Crippen LogP) is 7.05. The Labute approximate surface area is 277 Å². The number of hydrogen-bond donors (Lipinski definition) is 3. The Morgan fingerprint density at radius 2 is 1.76 bits per heavy atom. The molecule has 3 N–H and O–H groups in total. The lowest BCUT2D eigenvalue weighted by molar-refractivity contribution is 0.0733. The van der Waals surface area contributed by atoms with Crippen LogP contribution >= 0.6 is 11.3 Å². The van der Waals surface area contributed by atoms with Gasteiger partial charge in [-0.1, -0.05) is 75.4 Å². The smallest absolute Gasteiger partial charge is 0.254 e. The topological polar surface area (TPSA) is 94.6 Å². The maximum Gasteiger partial charge on any atom is 0.254 e. The summed E-state index contributed by atoms with van der Waals surface area (Å²) in [6.07, 6.45) is 0.879. The van der Waals surface area contributed by atoms with E-state index in [0.29, 0.717) is 24.2 Å². The number of thiazole rings is 1. The van der Waals surface area contributed by atoms with Gasteiger partial charge >= 0.3 is 0 Å². The number of hydrogen-bond acceptors (Lipinski definition) is 6. The van der Waals surface area contributed by atoms with Crippen LogP contribution in [0.25, 0.3) is 0 Å². The van der Waals surface area contributed by atoms with Gasteiger partial charge in [0.05, 0.1) is 24.2 Å². The van der Waals surface area contributed by atoms with Crippen LogP contribution in [0.2, 0.25) is 0 Å². The molecule has 0 radical (unpaired) electrons. The van der Waals surface area contributed by atoms with Gasteiger partial charge in [-0.3, -0.25) is 9.59 Å². The van der Waals surface area contributed by atoms with Gasteiger partial charge in [0.25, 0.3) is 11.8 Å². The Hall–Kier alpha value is -3.85. The van der Waals surface area contributed by atoms with E-state index in [4.69, 9.17) is 0 Å². The van der Waals surface area contributed by atoms with Crippen LogP contribution in [0.15, 0.2) is 78.2 Å². The fourth-order valence-electron chi connectivity index (χ4n) is 6.13. The van der Waals surface area contributed by atoms with Gasteiger partial charge in [0.2, 0.25) is 0 Å². The molecule has 4 aromatic rings. The highest BCUT2D eigenvalue weighted by molar-refractivity contribution is 7.09. The van der Waals surface area contributed by atoms with Crippen molar-refractivity contribution in [2.45, 2.75) is 90.6 Å². The Balaban J connectivity index is 1.30. The monoisotopic (exact) mass is 638 g/mol. The molecule has 3 aromatic carbocycles. The van der Waals surface area contributed by atoms with Crippen LogP contribution in [0.1, 0.15) is 106 Å². The van der Waals surface area contributed by atoms with E-state index in [2.05, 4.69) is 60.7 Å². The van der Waals surface area contributed by atoms with Crippen molar-refractivity contribution in [2.24, 2.45) is 0 Å². The second-order valence-electron chi connectivity index (χ2n) is 13.5. The quantitative estimate of drug-likeness (QED) is 0.173. The Kier molecular flexibility index (Phi) is 10.4. The van der Waals surface area contributed by atoms with Crippen molar-refractivity contribution in [2.75, 3.05) is 6.54 Å². The first kappa shape index (κ1) is 33.5. The molecule has 242 valence electrons. The first-order valence-electron chi connectivity index (χ1n) is 16.1. The molecule has 0 spiro atoms. The third-order valence-corrected chi connectivity index (χ3v) is 9.78. The first-order chi connectivity index (χ1) is 21.9. The Bertz CT molecular complexity index is 1660. The van der Waals surface area contributed by atoms with Crippen LogP contribution < -0.4 is 10.6 Å². The fraction of sp³-hybridized carbons (Fsp3) is 0.395. The molecule has 4 unspecified atom stereocenters. The zero-order valence-electron chi connectivity index (χ0n) is 27.7. The number of aryl methyl sites for hydroxylation is 2. The molecule has 8 heteroatoms. The number of amides is 2. The zero-order chi connectivity index (χ0) is 33.0. The van der Waals surface area contributed by atoms with Crippen molar-refractivity contribution in [1.82, 2.24) is 20.5 Å². The van der Waals surface area contributed by atoms with E-state index >= 15 is 0 Å². The summed E-state index contributed by atoms with van der Waals surface area (Å²) in [5, 5.41) is 21.2. The number of benzene rings is 3. The van der Waals surface area contributed by atoms with Gasteiger partial charge in [0.1, 0.15) is 5.01 Å². The van der Waals surface area contributed by atoms with Crippen molar-refractivity contribution in [1.29, 1.82) is 0 Å². The maximum absolute atomic E-state index is 13.7. The lowest BCUT2D eigenvalue weighted by Gasteiger charge is -2.30. The first-order valence-corrected chi connectivity index (χ1v) is 17.0. The van der Waals surface area contributed by atoms with E-state index in [-0.39, 0.29) is 23.3 Å². The lowest BCUT2D eigenvalue weighted by Crippen LogP contribution is -2.47. The average Bonchev–Trinajstić information content (AvgIpc) is 3.69. The van der Waals surface area contributed by atoms with E-state index in [1.165, 1.54) is 5.56 Å². The average molecular weight is 639 g/mol. The maximum atomic E-state index is 13.7. The summed E-state index contributed by atoms with van der Waals surface area (Å²) in [6, 6.07) is 22.5. The fourth-order valence-corrected chi connectivity index (χ4v) is 7.07. The van der Waals surface area contributed by atoms with Crippen LogP contribution in [-0.4, -0.2) is 45.5 Å². The highest BCUT2D eigenvalue weighted by Crippen LogP contribution is 2.35. The molecular weight excluding hydrogens is 593 g/mol. The summed E-state index contributed by atoms with van der Waals surface area (Å²) in [7, 11) is 0. The van der Waals surface area contributed by atoms with Crippen LogP contribution in [0.5, 0.6) is 0 Å². The normalized spacial score (nSPS) is 17.0. The van der Waals surface area contributed by atoms with Gasteiger partial charge in [-0.05, 0) is 79.5 Å². The van der Waals surface area contributed by atoms with Crippen LogP contribution in [0, 0.1) is 13.8 Å². The third-order valence-electron chi connectivity index (χ3n) is 8.71. The summed E-state index contributed by atoms with van der Waals surface area (Å²) in [5.74, 6) is -0.424. The number of nitrogens with one attached hydrogen (secondary N) is 2. The number of aromatic nitrogens is 1. The number of carbonyl (C=O) groups is 2. The van der Waals surface area contributed by atoms with Crippen molar-refractivity contribution in [3.8, 4) is 0 Å². The SMILES string of the molecule is Cc1cc(C(=O)NC(C)C(O)C(NCc2cccc(C(C)(C)C)c2)c2ccccc2)cc(C(=O)N2CCCC2c2nc(C)cs2)c1. The van der Waals surface area contributed by atoms with E-state index in [9.17, 15) is 14.7 Å². The highest BCUT2D eigenvalue weighted by atomic mass is 32.1. The lowest BCUT2D eigenvalue weighted by atomic mass is 9.86. The highest BCUT2D eigenvalue weighted by Gasteiger charge is 2.33. The molecule has 5 rings (SSSR count). The third kappa shape index (κ3) is 7.92. The molecular formula is C38H46N4O3S. The van der Waals surface area contributed by atoms with Crippen molar-refractivity contribution in [3.05, 3.63) is 122 Å². The minimum atomic E-state index is -0.921. The second-order valence-corrected chi connectivity index (χ2v) is 14.4. The minimum Gasteiger partial charge on any atom is -0.389 e. The number of rotatable bonds is 10. The van der Waals surface area contributed by atoms with Gasteiger partial charge in [-0.25, -0.2) is 4.98 Å².